The summed E-state index contributed by atoms with van der Waals surface area (Å²) in [6.45, 7) is 4.78. The van der Waals surface area contributed by atoms with E-state index >= 15 is 0 Å². The van der Waals surface area contributed by atoms with Crippen LogP contribution in [-0.2, 0) is 16.2 Å². The molecule has 0 saturated heterocycles. The second kappa shape index (κ2) is 14.6. The molecule has 342 valence electrons. The molecule has 0 unspecified atom stereocenters. The Balaban J connectivity index is 1.01. The molecule has 11 aromatic carbocycles. The molecule has 2 heteroatoms. The van der Waals surface area contributed by atoms with Crippen LogP contribution in [-0.4, -0.2) is 4.57 Å². The first-order valence-electron chi connectivity index (χ1n) is 25.8. The van der Waals surface area contributed by atoms with Crippen molar-refractivity contribution in [3.05, 3.63) is 310 Å². The van der Waals surface area contributed by atoms with Gasteiger partial charge in [0.1, 0.15) is 0 Å². The second-order valence-electron chi connectivity index (χ2n) is 21.1. The van der Waals surface area contributed by atoms with Gasteiger partial charge in [-0.3, -0.25) is 0 Å². The zero-order valence-corrected chi connectivity index (χ0v) is 40.6. The fourth-order valence-electron chi connectivity index (χ4n) is 14.5. The van der Waals surface area contributed by atoms with Crippen molar-refractivity contribution in [2.75, 3.05) is 4.90 Å². The molecule has 0 fully saturated rings. The van der Waals surface area contributed by atoms with Gasteiger partial charge in [-0.25, -0.2) is 0 Å². The maximum Gasteiger partial charge on any atom is 0.0754 e. The first kappa shape index (κ1) is 40.7. The van der Waals surface area contributed by atoms with Gasteiger partial charge in [-0.15, -0.1) is 0 Å². The van der Waals surface area contributed by atoms with E-state index in [0.717, 1.165) is 17.1 Å². The SMILES string of the molecule is CC1(C)c2ccccc2-c2ccc(N(c3ccc4c(c3)-n3c5ccccc5c5cccc(c53)C43c4ccccc4-c4ccccc43)c3ccc4c(c3)C(c3ccccc3)(c3ccccc3)c3ccccc3-4)cc21. The third-order valence-electron chi connectivity index (χ3n) is 17.5. The Morgan fingerprint density at radius 3 is 1.37 bits per heavy atom. The van der Waals surface area contributed by atoms with Gasteiger partial charge in [0.25, 0.3) is 0 Å². The van der Waals surface area contributed by atoms with Crippen LogP contribution in [0.1, 0.15) is 69.5 Å². The van der Waals surface area contributed by atoms with E-state index in [1.165, 1.54) is 117 Å². The van der Waals surface area contributed by atoms with Gasteiger partial charge in [0.2, 0.25) is 0 Å². The molecule has 12 aromatic rings. The fourth-order valence-corrected chi connectivity index (χ4v) is 14.5. The third-order valence-corrected chi connectivity index (χ3v) is 17.5. The number of rotatable bonds is 5. The molecule has 0 N–H and O–H groups in total. The molecular weight excluding hydrogens is 881 g/mol. The van der Waals surface area contributed by atoms with Crippen molar-refractivity contribution in [2.24, 2.45) is 0 Å². The van der Waals surface area contributed by atoms with Gasteiger partial charge in [-0.05, 0) is 131 Å². The first-order chi connectivity index (χ1) is 36.0. The zero-order valence-electron chi connectivity index (χ0n) is 40.6. The molecular formula is C71H48N2. The van der Waals surface area contributed by atoms with E-state index in [9.17, 15) is 0 Å². The number of anilines is 3. The maximum atomic E-state index is 2.59. The molecule has 73 heavy (non-hydrogen) atoms. The fraction of sp³-hybridized carbons (Fsp3) is 0.0704. The van der Waals surface area contributed by atoms with Crippen LogP contribution >= 0.6 is 0 Å². The molecule has 1 aliphatic heterocycles. The summed E-state index contributed by atoms with van der Waals surface area (Å²) in [6.07, 6.45) is 0. The average Bonchev–Trinajstić information content (AvgIpc) is 4.16. The lowest BCUT2D eigenvalue weighted by Gasteiger charge is -2.40. The van der Waals surface area contributed by atoms with E-state index < -0.39 is 10.8 Å². The summed E-state index contributed by atoms with van der Waals surface area (Å²) in [7, 11) is 0. The van der Waals surface area contributed by atoms with Crippen LogP contribution in [0.5, 0.6) is 0 Å². The van der Waals surface area contributed by atoms with Crippen molar-refractivity contribution in [2.45, 2.75) is 30.1 Å². The summed E-state index contributed by atoms with van der Waals surface area (Å²) in [5.41, 5.74) is 26.6. The quantitative estimate of drug-likeness (QED) is 0.167. The smallest absolute Gasteiger partial charge is 0.0754 e. The third kappa shape index (κ3) is 5.08. The number of hydrogen-bond acceptors (Lipinski definition) is 1. The Bertz CT molecular complexity index is 4220. The van der Waals surface area contributed by atoms with E-state index in [1.807, 2.05) is 0 Å². The lowest BCUT2D eigenvalue weighted by atomic mass is 9.65. The van der Waals surface area contributed by atoms with E-state index in [0.29, 0.717) is 0 Å². The van der Waals surface area contributed by atoms with Crippen LogP contribution in [0.15, 0.2) is 255 Å². The molecule has 2 heterocycles. The average molecular weight is 929 g/mol. The minimum Gasteiger partial charge on any atom is -0.310 e. The normalized spacial score (nSPS) is 15.0. The van der Waals surface area contributed by atoms with Crippen LogP contribution in [0.2, 0.25) is 0 Å². The lowest BCUT2D eigenvalue weighted by Crippen LogP contribution is -2.33. The number of nitrogens with zero attached hydrogens (tertiary/aromatic N) is 2. The highest BCUT2D eigenvalue weighted by atomic mass is 15.1. The van der Waals surface area contributed by atoms with Gasteiger partial charge in [-0.2, -0.15) is 0 Å². The minimum atomic E-state index is -0.553. The van der Waals surface area contributed by atoms with Crippen LogP contribution in [0.4, 0.5) is 17.1 Å². The van der Waals surface area contributed by atoms with Crippen molar-refractivity contribution in [3.8, 4) is 39.1 Å². The number of para-hydroxylation sites is 2. The Hall–Kier alpha value is -8.98. The van der Waals surface area contributed by atoms with Gasteiger partial charge in [0.15, 0.2) is 0 Å². The molecule has 1 aromatic heterocycles. The summed E-state index contributed by atoms with van der Waals surface area (Å²) in [5, 5.41) is 2.54. The highest BCUT2D eigenvalue weighted by Gasteiger charge is 2.51. The van der Waals surface area contributed by atoms with Crippen LogP contribution in [0, 0.1) is 0 Å². The molecule has 3 aliphatic carbocycles. The second-order valence-corrected chi connectivity index (χ2v) is 21.1. The summed E-state index contributed by atoms with van der Waals surface area (Å²) < 4.78 is 2.59. The van der Waals surface area contributed by atoms with Crippen LogP contribution < -0.4 is 4.90 Å². The van der Waals surface area contributed by atoms with Gasteiger partial charge in [0.05, 0.1) is 27.6 Å². The lowest BCUT2D eigenvalue weighted by molar-refractivity contribution is 0.660. The van der Waals surface area contributed by atoms with E-state index in [2.05, 4.69) is 278 Å². The minimum absolute atomic E-state index is 0.187. The van der Waals surface area contributed by atoms with Gasteiger partial charge in [-0.1, -0.05) is 226 Å². The predicted octanol–water partition coefficient (Wildman–Crippen LogP) is 17.6. The summed E-state index contributed by atoms with van der Waals surface area (Å²) in [6, 6.07) is 96.6. The highest BCUT2D eigenvalue weighted by molar-refractivity contribution is 6.13. The molecule has 0 atom stereocenters. The van der Waals surface area contributed by atoms with E-state index in [-0.39, 0.29) is 5.41 Å². The van der Waals surface area contributed by atoms with Crippen molar-refractivity contribution in [1.29, 1.82) is 0 Å². The largest absolute Gasteiger partial charge is 0.310 e. The molecule has 0 radical (unpaired) electrons. The van der Waals surface area contributed by atoms with Crippen LogP contribution in [0.25, 0.3) is 60.9 Å². The monoisotopic (exact) mass is 928 g/mol. The zero-order chi connectivity index (χ0) is 48.2. The molecule has 2 nitrogen and oxygen atoms in total. The van der Waals surface area contributed by atoms with E-state index in [1.54, 1.807) is 0 Å². The number of benzene rings is 11. The summed E-state index contributed by atoms with van der Waals surface area (Å²) in [5.74, 6) is 0. The summed E-state index contributed by atoms with van der Waals surface area (Å²) in [4.78, 5) is 2.55. The topological polar surface area (TPSA) is 8.17 Å². The van der Waals surface area contributed by atoms with Gasteiger partial charge in [0, 0.05) is 33.2 Å². The first-order valence-corrected chi connectivity index (χ1v) is 25.8. The standard InChI is InChI=1S/C71H48N2/c1-69(2)58-30-14-9-24-50(58)54-39-36-47(42-64(54)69)72(48-37-40-55-53-27-10-15-31-59(53)70(65(55)43-48,45-20-5-3-6-21-45)46-22-7-4-8-23-46)49-38-41-62-67(44-49)73-66-35-18-13-28-56(66)57-29-19-34-63(68(57)73)71(62)60-32-16-11-25-51(60)52-26-12-17-33-61(52)71/h3-44H,1-2H3. The summed E-state index contributed by atoms with van der Waals surface area (Å²) >= 11 is 0. The predicted molar refractivity (Wildman–Crippen MR) is 301 cm³/mol. The Morgan fingerprint density at radius 2 is 0.740 bits per heavy atom. The Morgan fingerprint density at radius 1 is 0.301 bits per heavy atom. The number of fused-ring (bicyclic) bond motifs is 18. The molecule has 4 aliphatic rings. The van der Waals surface area contributed by atoms with Crippen molar-refractivity contribution < 1.29 is 0 Å². The Labute approximate surface area is 425 Å². The van der Waals surface area contributed by atoms with Gasteiger partial charge < -0.3 is 9.47 Å². The molecule has 0 saturated carbocycles. The molecule has 0 amide bonds. The van der Waals surface area contributed by atoms with Crippen molar-refractivity contribution in [3.63, 3.8) is 0 Å². The van der Waals surface area contributed by atoms with E-state index in [4.69, 9.17) is 0 Å². The number of hydrogen-bond donors (Lipinski definition) is 0. The van der Waals surface area contributed by atoms with Crippen molar-refractivity contribution in [1.82, 2.24) is 4.57 Å². The van der Waals surface area contributed by atoms with Gasteiger partial charge >= 0.3 is 0 Å². The van der Waals surface area contributed by atoms with Crippen molar-refractivity contribution >= 4 is 38.9 Å². The molecule has 0 bridgehead atoms. The molecule has 1 spiro atoms. The molecule has 16 rings (SSSR count). The maximum absolute atomic E-state index is 2.59. The van der Waals surface area contributed by atoms with Crippen LogP contribution in [0.3, 0.4) is 0 Å². The Kier molecular flexibility index (Phi) is 8.12. The number of aromatic nitrogens is 1. The highest BCUT2D eigenvalue weighted by Crippen LogP contribution is 2.63.